The van der Waals surface area contributed by atoms with E-state index in [-0.39, 0.29) is 0 Å². The molecule has 202 valence electrons. The van der Waals surface area contributed by atoms with Gasteiger partial charge in [0.15, 0.2) is 0 Å². The van der Waals surface area contributed by atoms with Crippen molar-refractivity contribution in [3.05, 3.63) is 96.1 Å². The van der Waals surface area contributed by atoms with Gasteiger partial charge in [-0.25, -0.2) is 9.10 Å². The summed E-state index contributed by atoms with van der Waals surface area (Å²) < 4.78 is 6.95. The summed E-state index contributed by atoms with van der Waals surface area (Å²) in [5.41, 5.74) is 8.62. The number of anilines is 1. The number of carbonyl (C=O) groups excluding carboxylic acids is 1. The third-order valence-corrected chi connectivity index (χ3v) is 7.59. The first-order valence-electron chi connectivity index (χ1n) is 13.7. The number of nitrogens with zero attached hydrogens (tertiary/aromatic N) is 3. The maximum Gasteiger partial charge on any atom is 0.329 e. The van der Waals surface area contributed by atoms with Gasteiger partial charge in [-0.1, -0.05) is 98.8 Å². The number of benzene rings is 3. The zero-order chi connectivity index (χ0) is 26.6. The fourth-order valence-electron chi connectivity index (χ4n) is 5.12. The van der Waals surface area contributed by atoms with Gasteiger partial charge in [0.25, 0.3) is 0 Å². The highest BCUT2D eigenvalue weighted by molar-refractivity contribution is 7.82. The lowest BCUT2D eigenvalue weighted by atomic mass is 9.96. The summed E-state index contributed by atoms with van der Waals surface area (Å²) in [6.45, 7) is 6.29. The van der Waals surface area contributed by atoms with Crippen LogP contribution in [0.15, 0.2) is 84.9 Å². The quantitative estimate of drug-likeness (QED) is 0.205. The SMILES string of the molecule is NC(=O)N(S)c1cccc(OCCCCCCCN2CCN(C(c3ccccc3)c3ccccc3)CC2)c1. The minimum atomic E-state index is -0.615. The number of carbonyl (C=O) groups is 1. The Labute approximate surface area is 232 Å². The van der Waals surface area contributed by atoms with Crippen LogP contribution in [0, 0.1) is 0 Å². The molecule has 3 aromatic rings. The lowest BCUT2D eigenvalue weighted by Crippen LogP contribution is -2.48. The van der Waals surface area contributed by atoms with E-state index in [1.807, 2.05) is 12.1 Å². The smallest absolute Gasteiger partial charge is 0.329 e. The predicted octanol–water partition coefficient (Wildman–Crippen LogP) is 6.15. The van der Waals surface area contributed by atoms with Gasteiger partial charge in [0.1, 0.15) is 5.75 Å². The fraction of sp³-hybridized carbons (Fsp3) is 0.387. The summed E-state index contributed by atoms with van der Waals surface area (Å²) in [5, 5.41) is 0. The van der Waals surface area contributed by atoms with Crippen LogP contribution in [0.25, 0.3) is 0 Å². The van der Waals surface area contributed by atoms with Crippen molar-refractivity contribution >= 4 is 24.5 Å². The Morgan fingerprint density at radius 3 is 2.05 bits per heavy atom. The number of nitrogens with two attached hydrogens (primary N) is 1. The van der Waals surface area contributed by atoms with E-state index in [2.05, 4.69) is 83.3 Å². The summed E-state index contributed by atoms with van der Waals surface area (Å²) in [6.07, 6.45) is 5.89. The molecular formula is C31H40N4O2S. The third kappa shape index (κ3) is 8.25. The lowest BCUT2D eigenvalue weighted by Gasteiger charge is -2.39. The lowest BCUT2D eigenvalue weighted by molar-refractivity contribution is 0.108. The van der Waals surface area contributed by atoms with Gasteiger partial charge in [0.05, 0.1) is 18.3 Å². The Balaban J connectivity index is 1.11. The summed E-state index contributed by atoms with van der Waals surface area (Å²) in [5.74, 6) is 0.726. The van der Waals surface area contributed by atoms with Gasteiger partial charge in [-0.2, -0.15) is 0 Å². The van der Waals surface area contributed by atoms with Crippen LogP contribution in [0.3, 0.4) is 0 Å². The highest BCUT2D eigenvalue weighted by atomic mass is 32.1. The van der Waals surface area contributed by atoms with E-state index in [4.69, 9.17) is 10.5 Å². The normalized spacial score (nSPS) is 14.5. The number of unbranched alkanes of at least 4 members (excludes halogenated alkanes) is 4. The fourth-order valence-corrected chi connectivity index (χ4v) is 5.24. The molecule has 1 aliphatic rings. The third-order valence-electron chi connectivity index (χ3n) is 7.16. The minimum Gasteiger partial charge on any atom is -0.494 e. The van der Waals surface area contributed by atoms with Crippen LogP contribution in [-0.2, 0) is 0 Å². The zero-order valence-electron chi connectivity index (χ0n) is 22.1. The van der Waals surface area contributed by atoms with Gasteiger partial charge in [0, 0.05) is 32.2 Å². The second-order valence-corrected chi connectivity index (χ2v) is 10.3. The van der Waals surface area contributed by atoms with Crippen molar-refractivity contribution in [1.82, 2.24) is 9.80 Å². The summed E-state index contributed by atoms with van der Waals surface area (Å²) in [4.78, 5) is 16.5. The maximum absolute atomic E-state index is 11.3. The number of urea groups is 1. The molecule has 0 unspecified atom stereocenters. The molecule has 1 heterocycles. The van der Waals surface area contributed by atoms with Crippen LogP contribution in [0.1, 0.15) is 49.3 Å². The van der Waals surface area contributed by atoms with Gasteiger partial charge < -0.3 is 15.4 Å². The second-order valence-electron chi connectivity index (χ2n) is 9.87. The molecule has 0 saturated carbocycles. The topological polar surface area (TPSA) is 62.0 Å². The number of amides is 2. The largest absolute Gasteiger partial charge is 0.494 e. The van der Waals surface area contributed by atoms with Crippen molar-refractivity contribution in [1.29, 1.82) is 0 Å². The second kappa shape index (κ2) is 14.8. The van der Waals surface area contributed by atoms with E-state index in [0.717, 1.165) is 49.1 Å². The Bertz CT molecular complexity index is 1070. The Morgan fingerprint density at radius 1 is 0.816 bits per heavy atom. The first-order chi connectivity index (χ1) is 18.6. The Kier molecular flexibility index (Phi) is 10.9. The van der Waals surface area contributed by atoms with Crippen molar-refractivity contribution < 1.29 is 9.53 Å². The highest BCUT2D eigenvalue weighted by Crippen LogP contribution is 2.29. The van der Waals surface area contributed by atoms with Gasteiger partial charge in [0.2, 0.25) is 0 Å². The van der Waals surface area contributed by atoms with Crippen LogP contribution in [0.5, 0.6) is 5.75 Å². The van der Waals surface area contributed by atoms with E-state index in [1.54, 1.807) is 12.1 Å². The van der Waals surface area contributed by atoms with Crippen LogP contribution in [0.4, 0.5) is 10.5 Å². The summed E-state index contributed by atoms with van der Waals surface area (Å²) in [6, 6.07) is 28.8. The van der Waals surface area contributed by atoms with E-state index >= 15 is 0 Å². The van der Waals surface area contributed by atoms with Crippen LogP contribution in [-0.4, -0.2) is 55.2 Å². The standard InChI is InChI=1S/C31H40N4O2S/c32-31(36)35(38)28-17-12-18-29(25-28)37-24-11-3-1-2-10-19-33-20-22-34(23-21-33)30(26-13-6-4-7-14-26)27-15-8-5-9-16-27/h4-9,12-18,25,30,38H,1-3,10-11,19-24H2,(H2,32,36). The molecule has 0 aliphatic carbocycles. The van der Waals surface area contributed by atoms with Crippen LogP contribution >= 0.6 is 12.8 Å². The van der Waals surface area contributed by atoms with E-state index in [0.29, 0.717) is 18.3 Å². The number of piperazine rings is 1. The molecule has 0 radical (unpaired) electrons. The number of primary amides is 1. The van der Waals surface area contributed by atoms with Gasteiger partial charge in [-0.3, -0.25) is 4.90 Å². The molecule has 6 nitrogen and oxygen atoms in total. The molecule has 1 aliphatic heterocycles. The molecular weight excluding hydrogens is 492 g/mol. The van der Waals surface area contributed by atoms with Crippen molar-refractivity contribution in [3.63, 3.8) is 0 Å². The number of rotatable bonds is 13. The Hall–Kier alpha value is -3.00. The van der Waals surface area contributed by atoms with Crippen LogP contribution in [0.2, 0.25) is 0 Å². The molecule has 38 heavy (non-hydrogen) atoms. The monoisotopic (exact) mass is 532 g/mol. The molecule has 7 heteroatoms. The molecule has 3 aromatic carbocycles. The summed E-state index contributed by atoms with van der Waals surface area (Å²) >= 11 is 4.10. The van der Waals surface area contributed by atoms with Crippen molar-refractivity contribution in [3.8, 4) is 5.75 Å². The average molecular weight is 533 g/mol. The molecule has 0 aromatic heterocycles. The van der Waals surface area contributed by atoms with Crippen molar-refractivity contribution in [2.75, 3.05) is 43.6 Å². The van der Waals surface area contributed by atoms with Crippen LogP contribution < -0.4 is 14.8 Å². The van der Waals surface area contributed by atoms with Gasteiger partial charge in [-0.15, -0.1) is 0 Å². The highest BCUT2D eigenvalue weighted by Gasteiger charge is 2.26. The first kappa shape index (κ1) is 28.0. The van der Waals surface area contributed by atoms with E-state index < -0.39 is 6.03 Å². The van der Waals surface area contributed by atoms with Crippen molar-refractivity contribution in [2.24, 2.45) is 5.73 Å². The first-order valence-corrected chi connectivity index (χ1v) is 14.1. The Morgan fingerprint density at radius 2 is 1.42 bits per heavy atom. The zero-order valence-corrected chi connectivity index (χ0v) is 23.0. The van der Waals surface area contributed by atoms with E-state index in [9.17, 15) is 4.79 Å². The molecule has 1 saturated heterocycles. The predicted molar refractivity (Wildman–Crippen MR) is 159 cm³/mol. The molecule has 0 atom stereocenters. The molecule has 1 fully saturated rings. The van der Waals surface area contributed by atoms with Crippen molar-refractivity contribution in [2.45, 2.75) is 38.1 Å². The number of thiol groups is 1. The summed E-state index contributed by atoms with van der Waals surface area (Å²) in [7, 11) is 0. The molecule has 0 spiro atoms. The van der Waals surface area contributed by atoms with Gasteiger partial charge in [-0.05, 0) is 42.6 Å². The number of hydrogen-bond acceptors (Lipinski definition) is 5. The van der Waals surface area contributed by atoms with E-state index in [1.165, 1.54) is 36.9 Å². The molecule has 0 bridgehead atoms. The average Bonchev–Trinajstić information content (AvgIpc) is 2.96. The maximum atomic E-state index is 11.3. The molecule has 4 rings (SSSR count). The molecule has 2 amide bonds. The number of ether oxygens (including phenoxy) is 1. The van der Waals surface area contributed by atoms with Gasteiger partial charge >= 0.3 is 6.03 Å². The minimum absolute atomic E-state index is 0.323. The molecule has 2 N–H and O–H groups in total. The number of hydrogen-bond donors (Lipinski definition) is 2.